The van der Waals surface area contributed by atoms with E-state index in [2.05, 4.69) is 11.8 Å². The van der Waals surface area contributed by atoms with E-state index in [0.29, 0.717) is 10.8 Å². The van der Waals surface area contributed by atoms with E-state index >= 15 is 0 Å². The van der Waals surface area contributed by atoms with Crippen LogP contribution in [0.25, 0.3) is 0 Å². The zero-order valence-electron chi connectivity index (χ0n) is 12.3. The SMILES string of the molecule is CC(C#CC1CCC(Oc2ccc(F)cc2)C1)N(O)C(N)=O. The first kappa shape index (κ1) is 16.1. The molecule has 1 aromatic carbocycles. The Labute approximate surface area is 128 Å². The highest BCUT2D eigenvalue weighted by molar-refractivity contribution is 5.71. The lowest BCUT2D eigenvalue weighted by molar-refractivity contribution is -0.0537. The normalized spacial score (nSPS) is 21.6. The fourth-order valence-electron chi connectivity index (χ4n) is 2.37. The van der Waals surface area contributed by atoms with Crippen LogP contribution in [0.3, 0.4) is 0 Å². The van der Waals surface area contributed by atoms with Crippen LogP contribution in [0.15, 0.2) is 24.3 Å². The minimum absolute atomic E-state index is 0.0430. The molecule has 0 heterocycles. The molecule has 3 N–H and O–H groups in total. The Morgan fingerprint density at radius 2 is 2.14 bits per heavy atom. The van der Waals surface area contributed by atoms with Crippen LogP contribution in [0, 0.1) is 23.6 Å². The number of primary amides is 1. The Morgan fingerprint density at radius 1 is 1.45 bits per heavy atom. The highest BCUT2D eigenvalue weighted by atomic mass is 19.1. The van der Waals surface area contributed by atoms with Gasteiger partial charge in [0.2, 0.25) is 0 Å². The Kier molecular flexibility index (Phi) is 5.23. The van der Waals surface area contributed by atoms with Crippen molar-refractivity contribution in [2.24, 2.45) is 11.7 Å². The third kappa shape index (κ3) is 4.37. The number of hydroxylamine groups is 2. The van der Waals surface area contributed by atoms with Crippen molar-refractivity contribution < 1.29 is 19.1 Å². The lowest BCUT2D eigenvalue weighted by Gasteiger charge is -2.15. The zero-order chi connectivity index (χ0) is 16.1. The van der Waals surface area contributed by atoms with Crippen molar-refractivity contribution in [3.8, 4) is 17.6 Å². The predicted molar refractivity (Wildman–Crippen MR) is 78.6 cm³/mol. The van der Waals surface area contributed by atoms with E-state index in [1.165, 1.54) is 12.1 Å². The fraction of sp³-hybridized carbons (Fsp3) is 0.438. The summed E-state index contributed by atoms with van der Waals surface area (Å²) in [4.78, 5) is 10.8. The Hall–Kier alpha value is -2.26. The van der Waals surface area contributed by atoms with Crippen LogP contribution in [-0.4, -0.2) is 28.4 Å². The van der Waals surface area contributed by atoms with Crippen molar-refractivity contribution in [2.45, 2.75) is 38.3 Å². The van der Waals surface area contributed by atoms with Gasteiger partial charge >= 0.3 is 6.03 Å². The average molecular weight is 306 g/mol. The number of ether oxygens (including phenoxy) is 1. The number of hydrogen-bond acceptors (Lipinski definition) is 3. The molecule has 22 heavy (non-hydrogen) atoms. The summed E-state index contributed by atoms with van der Waals surface area (Å²) >= 11 is 0. The number of carbonyl (C=O) groups is 1. The van der Waals surface area contributed by atoms with Gasteiger partial charge in [-0.3, -0.25) is 5.21 Å². The molecule has 3 unspecified atom stereocenters. The number of carbonyl (C=O) groups excluding carboxylic acids is 1. The second kappa shape index (κ2) is 7.14. The molecule has 0 aliphatic heterocycles. The molecule has 0 saturated heterocycles. The van der Waals surface area contributed by atoms with Gasteiger partial charge in [0, 0.05) is 5.92 Å². The number of urea groups is 1. The number of nitrogens with zero attached hydrogens (tertiary/aromatic N) is 1. The number of rotatable bonds is 3. The summed E-state index contributed by atoms with van der Waals surface area (Å²) in [6.07, 6.45) is 2.55. The summed E-state index contributed by atoms with van der Waals surface area (Å²) in [6, 6.07) is 4.37. The first-order valence-corrected chi connectivity index (χ1v) is 7.16. The average Bonchev–Trinajstić information content (AvgIpc) is 2.94. The van der Waals surface area contributed by atoms with Gasteiger partial charge in [0.15, 0.2) is 0 Å². The van der Waals surface area contributed by atoms with E-state index in [9.17, 15) is 14.4 Å². The van der Waals surface area contributed by atoms with Crippen molar-refractivity contribution >= 4 is 6.03 Å². The topological polar surface area (TPSA) is 75.8 Å². The molecule has 5 nitrogen and oxygen atoms in total. The molecule has 0 aromatic heterocycles. The maximum absolute atomic E-state index is 12.8. The zero-order valence-corrected chi connectivity index (χ0v) is 12.3. The van der Waals surface area contributed by atoms with Gasteiger partial charge in [-0.15, -0.1) is 0 Å². The molecule has 2 amide bonds. The molecule has 1 aromatic rings. The van der Waals surface area contributed by atoms with E-state index in [1.54, 1.807) is 19.1 Å². The number of hydrogen-bond donors (Lipinski definition) is 2. The van der Waals surface area contributed by atoms with Crippen LogP contribution in [0.2, 0.25) is 0 Å². The summed E-state index contributed by atoms with van der Waals surface area (Å²) in [5, 5.41) is 9.75. The second-order valence-corrected chi connectivity index (χ2v) is 5.35. The smallest absolute Gasteiger partial charge is 0.339 e. The third-order valence-electron chi connectivity index (χ3n) is 3.59. The largest absolute Gasteiger partial charge is 0.490 e. The molecule has 1 aliphatic carbocycles. The number of amides is 2. The Balaban J connectivity index is 1.85. The van der Waals surface area contributed by atoms with Gasteiger partial charge in [-0.2, -0.15) is 5.06 Å². The van der Waals surface area contributed by atoms with Crippen LogP contribution in [0.1, 0.15) is 26.2 Å². The summed E-state index contributed by atoms with van der Waals surface area (Å²) in [7, 11) is 0. The molecular weight excluding hydrogens is 287 g/mol. The lowest BCUT2D eigenvalue weighted by atomic mass is 10.1. The van der Waals surface area contributed by atoms with Crippen molar-refractivity contribution in [1.82, 2.24) is 5.06 Å². The minimum atomic E-state index is -0.925. The summed E-state index contributed by atoms with van der Waals surface area (Å²) < 4.78 is 18.6. The predicted octanol–water partition coefficient (Wildman–Crippen LogP) is 2.54. The first-order valence-electron chi connectivity index (χ1n) is 7.16. The Morgan fingerprint density at radius 3 is 2.77 bits per heavy atom. The fourth-order valence-corrected chi connectivity index (χ4v) is 2.37. The van der Waals surface area contributed by atoms with Crippen LogP contribution >= 0.6 is 0 Å². The molecule has 1 saturated carbocycles. The molecule has 0 spiro atoms. The summed E-state index contributed by atoms with van der Waals surface area (Å²) in [6.45, 7) is 1.60. The maximum atomic E-state index is 12.8. The minimum Gasteiger partial charge on any atom is -0.490 e. The number of benzene rings is 1. The van der Waals surface area contributed by atoms with Gasteiger partial charge in [0.1, 0.15) is 17.6 Å². The highest BCUT2D eigenvalue weighted by Gasteiger charge is 2.25. The van der Waals surface area contributed by atoms with Crippen molar-refractivity contribution in [3.05, 3.63) is 30.1 Å². The van der Waals surface area contributed by atoms with E-state index in [1.807, 2.05) is 0 Å². The van der Waals surface area contributed by atoms with E-state index in [0.717, 1.165) is 19.3 Å². The molecule has 0 bridgehead atoms. The molecule has 6 heteroatoms. The van der Waals surface area contributed by atoms with Crippen LogP contribution < -0.4 is 10.5 Å². The standard InChI is InChI=1S/C16H19FN2O3/c1-11(19(21)16(18)20)2-3-12-4-7-15(10-12)22-14-8-5-13(17)6-9-14/h5-6,8-9,11-12,15,21H,4,7,10H2,1H3,(H2,18,20). The third-order valence-corrected chi connectivity index (χ3v) is 3.59. The molecular formula is C16H19FN2O3. The Bertz CT molecular complexity index is 579. The monoisotopic (exact) mass is 306 g/mol. The summed E-state index contributed by atoms with van der Waals surface area (Å²) in [5.74, 6) is 6.36. The molecule has 1 aliphatic rings. The molecule has 1 fully saturated rings. The molecule has 118 valence electrons. The highest BCUT2D eigenvalue weighted by Crippen LogP contribution is 2.28. The number of halogens is 1. The quantitative estimate of drug-likeness (QED) is 0.512. The van der Waals surface area contributed by atoms with Crippen molar-refractivity contribution in [3.63, 3.8) is 0 Å². The van der Waals surface area contributed by atoms with Crippen LogP contribution in [0.4, 0.5) is 9.18 Å². The molecule has 2 rings (SSSR count). The van der Waals surface area contributed by atoms with Gasteiger partial charge in [-0.1, -0.05) is 11.8 Å². The van der Waals surface area contributed by atoms with Crippen LogP contribution in [-0.2, 0) is 0 Å². The van der Waals surface area contributed by atoms with Gasteiger partial charge in [0.05, 0.1) is 6.10 Å². The van der Waals surface area contributed by atoms with E-state index < -0.39 is 12.1 Å². The van der Waals surface area contributed by atoms with Gasteiger partial charge in [0.25, 0.3) is 0 Å². The van der Waals surface area contributed by atoms with Gasteiger partial charge in [-0.05, 0) is 50.5 Å². The van der Waals surface area contributed by atoms with Crippen molar-refractivity contribution in [1.29, 1.82) is 0 Å². The van der Waals surface area contributed by atoms with E-state index in [4.69, 9.17) is 10.5 Å². The number of nitrogens with two attached hydrogens (primary N) is 1. The van der Waals surface area contributed by atoms with Crippen molar-refractivity contribution in [2.75, 3.05) is 0 Å². The maximum Gasteiger partial charge on any atom is 0.339 e. The molecule has 3 atom stereocenters. The van der Waals surface area contributed by atoms with Crippen LogP contribution in [0.5, 0.6) is 5.75 Å². The second-order valence-electron chi connectivity index (χ2n) is 5.35. The first-order chi connectivity index (χ1) is 10.5. The molecule has 0 radical (unpaired) electrons. The summed E-state index contributed by atoms with van der Waals surface area (Å²) in [5.41, 5.74) is 4.96. The van der Waals surface area contributed by atoms with E-state index in [-0.39, 0.29) is 17.8 Å². The lowest BCUT2D eigenvalue weighted by Crippen LogP contribution is -2.38. The van der Waals surface area contributed by atoms with Gasteiger partial charge < -0.3 is 10.5 Å². The van der Waals surface area contributed by atoms with Gasteiger partial charge in [-0.25, -0.2) is 9.18 Å².